The Hall–Kier alpha value is -0.710. The molecule has 0 aliphatic carbocycles. The summed E-state index contributed by atoms with van der Waals surface area (Å²) in [5.41, 5.74) is 6.53. The van der Waals surface area contributed by atoms with Crippen molar-refractivity contribution in [2.75, 3.05) is 13.1 Å². The summed E-state index contributed by atoms with van der Waals surface area (Å²) >= 11 is 0. The highest BCUT2D eigenvalue weighted by Crippen LogP contribution is 2.31. The lowest BCUT2D eigenvalue weighted by Crippen LogP contribution is -2.34. The van der Waals surface area contributed by atoms with E-state index in [1.54, 1.807) is 6.92 Å². The largest absolute Gasteiger partial charge is 0.324 e. The molecule has 0 saturated carbocycles. The molecule has 1 aliphatic heterocycles. The lowest BCUT2D eigenvalue weighted by atomic mass is 9.85. The summed E-state index contributed by atoms with van der Waals surface area (Å²) in [5, 5.41) is 3.22. The summed E-state index contributed by atoms with van der Waals surface area (Å²) in [6, 6.07) is 2.20. The highest BCUT2D eigenvalue weighted by Gasteiger charge is 2.27. The van der Waals surface area contributed by atoms with Crippen LogP contribution in [0.15, 0.2) is 12.1 Å². The van der Waals surface area contributed by atoms with Gasteiger partial charge < -0.3 is 11.1 Å². The second kappa shape index (κ2) is 6.45. The molecule has 1 aliphatic rings. The van der Waals surface area contributed by atoms with Crippen LogP contribution >= 0.6 is 12.4 Å². The summed E-state index contributed by atoms with van der Waals surface area (Å²) in [6.45, 7) is 3.37. The number of benzene rings is 1. The zero-order chi connectivity index (χ0) is 12.4. The van der Waals surface area contributed by atoms with Gasteiger partial charge in [0, 0.05) is 11.6 Å². The van der Waals surface area contributed by atoms with Crippen LogP contribution in [0.2, 0.25) is 0 Å². The molecule has 3 N–H and O–H groups in total. The van der Waals surface area contributed by atoms with Gasteiger partial charge in [-0.15, -0.1) is 12.4 Å². The number of hydrogen-bond donors (Lipinski definition) is 2. The Morgan fingerprint density at radius 1 is 1.28 bits per heavy atom. The number of hydrogen-bond acceptors (Lipinski definition) is 2. The third-order valence-corrected chi connectivity index (χ3v) is 3.54. The Kier molecular flexibility index (Phi) is 5.50. The molecule has 0 unspecified atom stereocenters. The van der Waals surface area contributed by atoms with E-state index >= 15 is 0 Å². The van der Waals surface area contributed by atoms with Crippen LogP contribution in [0.3, 0.4) is 0 Å². The van der Waals surface area contributed by atoms with Gasteiger partial charge in [0.05, 0.1) is 0 Å². The molecule has 1 aromatic carbocycles. The molecule has 1 saturated heterocycles. The average Bonchev–Trinajstić information content (AvgIpc) is 2.35. The summed E-state index contributed by atoms with van der Waals surface area (Å²) in [4.78, 5) is 0. The summed E-state index contributed by atoms with van der Waals surface area (Å²) in [7, 11) is 0. The van der Waals surface area contributed by atoms with Crippen LogP contribution < -0.4 is 11.1 Å². The first kappa shape index (κ1) is 15.3. The molecule has 2 rings (SSSR count). The number of nitrogens with two attached hydrogens (primary N) is 1. The molecule has 1 aromatic rings. The molecule has 0 radical (unpaired) electrons. The van der Waals surface area contributed by atoms with E-state index in [9.17, 15) is 8.78 Å². The van der Waals surface area contributed by atoms with Gasteiger partial charge in [-0.25, -0.2) is 8.78 Å². The third kappa shape index (κ3) is 2.99. The van der Waals surface area contributed by atoms with Gasteiger partial charge in [0.25, 0.3) is 0 Å². The molecule has 0 spiro atoms. The monoisotopic (exact) mass is 276 g/mol. The first-order chi connectivity index (χ1) is 8.11. The van der Waals surface area contributed by atoms with Crippen molar-refractivity contribution in [3.63, 3.8) is 0 Å². The molecule has 18 heavy (non-hydrogen) atoms. The van der Waals surface area contributed by atoms with Crippen molar-refractivity contribution < 1.29 is 8.78 Å². The standard InChI is InChI=1S/C13H18F2N2.ClH/c1-8-2-3-10(14)11(12(8)15)13(16)9-4-6-17-7-5-9;/h2-3,9,13,17H,4-7,16H2,1H3;1H/t13-;/m1./s1. The summed E-state index contributed by atoms with van der Waals surface area (Å²) in [6.07, 6.45) is 1.74. The lowest BCUT2D eigenvalue weighted by molar-refractivity contribution is 0.310. The van der Waals surface area contributed by atoms with Gasteiger partial charge in [-0.2, -0.15) is 0 Å². The smallest absolute Gasteiger partial charge is 0.133 e. The van der Waals surface area contributed by atoms with E-state index in [1.165, 1.54) is 12.1 Å². The maximum atomic E-state index is 13.9. The second-order valence-electron chi connectivity index (χ2n) is 4.71. The zero-order valence-electron chi connectivity index (χ0n) is 10.4. The quantitative estimate of drug-likeness (QED) is 0.872. The molecule has 0 aromatic heterocycles. The average molecular weight is 277 g/mol. The minimum absolute atomic E-state index is 0. The molecule has 102 valence electrons. The number of aryl methyl sites for hydroxylation is 1. The first-order valence-corrected chi connectivity index (χ1v) is 6.02. The molecule has 1 fully saturated rings. The van der Waals surface area contributed by atoms with E-state index in [0.717, 1.165) is 25.9 Å². The first-order valence-electron chi connectivity index (χ1n) is 6.02. The minimum Gasteiger partial charge on any atom is -0.324 e. The molecule has 0 amide bonds. The van der Waals surface area contributed by atoms with E-state index < -0.39 is 17.7 Å². The van der Waals surface area contributed by atoms with Crippen molar-refractivity contribution >= 4 is 12.4 Å². The lowest BCUT2D eigenvalue weighted by Gasteiger charge is -2.29. The normalized spacial score (nSPS) is 18.2. The molecule has 0 bridgehead atoms. The molecule has 2 nitrogen and oxygen atoms in total. The maximum absolute atomic E-state index is 13.9. The van der Waals surface area contributed by atoms with Crippen molar-refractivity contribution in [1.29, 1.82) is 0 Å². The van der Waals surface area contributed by atoms with Gasteiger partial charge in [-0.3, -0.25) is 0 Å². The molecule has 1 heterocycles. The third-order valence-electron chi connectivity index (χ3n) is 3.54. The van der Waals surface area contributed by atoms with Crippen molar-refractivity contribution in [2.24, 2.45) is 11.7 Å². The van der Waals surface area contributed by atoms with Crippen molar-refractivity contribution in [2.45, 2.75) is 25.8 Å². The Labute approximate surface area is 112 Å². The van der Waals surface area contributed by atoms with Crippen LogP contribution in [0.4, 0.5) is 8.78 Å². The van der Waals surface area contributed by atoms with Crippen LogP contribution in [0.1, 0.15) is 30.0 Å². The minimum atomic E-state index is -0.544. The summed E-state index contributed by atoms with van der Waals surface area (Å²) < 4.78 is 27.6. The van der Waals surface area contributed by atoms with Crippen LogP contribution in [0, 0.1) is 24.5 Å². The SMILES string of the molecule is Cc1ccc(F)c([C@H](N)C2CCNCC2)c1F.Cl. The molecular weight excluding hydrogens is 258 g/mol. The summed E-state index contributed by atoms with van der Waals surface area (Å²) in [5.74, 6) is -0.864. The Morgan fingerprint density at radius 3 is 2.50 bits per heavy atom. The van der Waals surface area contributed by atoms with E-state index in [2.05, 4.69) is 5.32 Å². The topological polar surface area (TPSA) is 38.0 Å². The van der Waals surface area contributed by atoms with Crippen LogP contribution in [-0.4, -0.2) is 13.1 Å². The predicted molar refractivity (Wildman–Crippen MR) is 70.9 cm³/mol. The molecule has 1 atom stereocenters. The number of rotatable bonds is 2. The predicted octanol–water partition coefficient (Wildman–Crippen LogP) is 2.69. The van der Waals surface area contributed by atoms with Crippen molar-refractivity contribution in [3.8, 4) is 0 Å². The van der Waals surface area contributed by atoms with Gasteiger partial charge in [0.15, 0.2) is 0 Å². The number of halogens is 3. The van der Waals surface area contributed by atoms with E-state index in [4.69, 9.17) is 5.73 Å². The van der Waals surface area contributed by atoms with Gasteiger partial charge in [-0.05, 0) is 50.4 Å². The highest BCUT2D eigenvalue weighted by atomic mass is 35.5. The maximum Gasteiger partial charge on any atom is 0.133 e. The second-order valence-corrected chi connectivity index (χ2v) is 4.71. The van der Waals surface area contributed by atoms with E-state index in [1.807, 2.05) is 0 Å². The highest BCUT2D eigenvalue weighted by molar-refractivity contribution is 5.85. The molecular formula is C13H19ClF2N2. The fraction of sp³-hybridized carbons (Fsp3) is 0.538. The van der Waals surface area contributed by atoms with E-state index in [0.29, 0.717) is 5.56 Å². The van der Waals surface area contributed by atoms with Crippen LogP contribution in [-0.2, 0) is 0 Å². The van der Waals surface area contributed by atoms with E-state index in [-0.39, 0.29) is 23.9 Å². The Balaban J connectivity index is 0.00000162. The fourth-order valence-corrected chi connectivity index (χ4v) is 2.42. The Bertz CT molecular complexity index is 406. The van der Waals surface area contributed by atoms with Gasteiger partial charge >= 0.3 is 0 Å². The van der Waals surface area contributed by atoms with Crippen molar-refractivity contribution in [1.82, 2.24) is 5.32 Å². The van der Waals surface area contributed by atoms with Gasteiger partial charge in [-0.1, -0.05) is 6.07 Å². The Morgan fingerprint density at radius 2 is 1.89 bits per heavy atom. The van der Waals surface area contributed by atoms with Crippen LogP contribution in [0.25, 0.3) is 0 Å². The number of piperidine rings is 1. The molecule has 5 heteroatoms. The van der Waals surface area contributed by atoms with Gasteiger partial charge in [0.1, 0.15) is 11.6 Å². The van der Waals surface area contributed by atoms with Crippen LogP contribution in [0.5, 0.6) is 0 Å². The van der Waals surface area contributed by atoms with Gasteiger partial charge in [0.2, 0.25) is 0 Å². The fourth-order valence-electron chi connectivity index (χ4n) is 2.42. The zero-order valence-corrected chi connectivity index (χ0v) is 11.2. The van der Waals surface area contributed by atoms with Crippen molar-refractivity contribution in [3.05, 3.63) is 34.9 Å². The number of nitrogens with one attached hydrogen (secondary N) is 1.